The Morgan fingerprint density at radius 3 is 2.93 bits per heavy atom. The molecule has 9 heteroatoms. The lowest BCUT2D eigenvalue weighted by Crippen LogP contribution is -2.37. The summed E-state index contributed by atoms with van der Waals surface area (Å²) in [6, 6.07) is 7.80. The van der Waals surface area contributed by atoms with Gasteiger partial charge >= 0.3 is 0 Å². The number of thioether (sulfide) groups is 1. The number of nitrogens with one attached hydrogen (secondary N) is 2. The number of benzene rings is 1. The Kier molecular flexibility index (Phi) is 8.21. The van der Waals surface area contributed by atoms with Gasteiger partial charge < -0.3 is 14.8 Å². The summed E-state index contributed by atoms with van der Waals surface area (Å²) in [5.41, 5.74) is 5.78. The van der Waals surface area contributed by atoms with Crippen LogP contribution >= 0.6 is 24.0 Å². The maximum atomic E-state index is 5.58. The fourth-order valence-electron chi connectivity index (χ4n) is 2.87. The molecule has 1 atom stereocenters. The summed E-state index contributed by atoms with van der Waals surface area (Å²) in [6.07, 6.45) is 5.88. The Bertz CT molecular complexity index is 842. The number of ether oxygens (including phenoxy) is 2. The number of nitrogens with zero attached hydrogens (tertiary/aromatic N) is 3. The van der Waals surface area contributed by atoms with Gasteiger partial charge in [-0.15, -0.1) is 0 Å². The molecule has 2 aromatic rings. The molecule has 1 fully saturated rings. The van der Waals surface area contributed by atoms with Gasteiger partial charge in [0.15, 0.2) is 10.3 Å². The Labute approximate surface area is 180 Å². The fourth-order valence-corrected chi connectivity index (χ4v) is 3.78. The van der Waals surface area contributed by atoms with E-state index >= 15 is 0 Å². The van der Waals surface area contributed by atoms with E-state index in [2.05, 4.69) is 31.9 Å². The van der Waals surface area contributed by atoms with Crippen molar-refractivity contribution in [2.24, 2.45) is 5.10 Å². The highest BCUT2D eigenvalue weighted by molar-refractivity contribution is 7.98. The first kappa shape index (κ1) is 21.5. The van der Waals surface area contributed by atoms with Crippen molar-refractivity contribution in [3.8, 4) is 5.75 Å². The van der Waals surface area contributed by atoms with Crippen LogP contribution in [0.3, 0.4) is 0 Å². The van der Waals surface area contributed by atoms with Gasteiger partial charge in [-0.2, -0.15) is 5.10 Å². The smallest absolute Gasteiger partial charge is 0.187 e. The molecule has 0 saturated carbocycles. The molecule has 2 N–H and O–H groups in total. The monoisotopic (exact) mass is 431 g/mol. The zero-order chi connectivity index (χ0) is 20.5. The third-order valence-corrected chi connectivity index (χ3v) is 5.60. The summed E-state index contributed by atoms with van der Waals surface area (Å²) < 4.78 is 11.1. The van der Waals surface area contributed by atoms with E-state index in [0.29, 0.717) is 17.4 Å². The molecule has 0 bridgehead atoms. The molecule has 0 aliphatic carbocycles. The predicted octanol–water partition coefficient (Wildman–Crippen LogP) is 3.14. The summed E-state index contributed by atoms with van der Waals surface area (Å²) in [4.78, 5) is 8.50. The molecule has 29 heavy (non-hydrogen) atoms. The maximum Gasteiger partial charge on any atom is 0.187 e. The van der Waals surface area contributed by atoms with Gasteiger partial charge in [-0.25, -0.2) is 9.97 Å². The minimum atomic E-state index is 0.232. The van der Waals surface area contributed by atoms with E-state index in [1.807, 2.05) is 19.1 Å². The van der Waals surface area contributed by atoms with Crippen LogP contribution in [0.5, 0.6) is 5.75 Å². The number of aromatic nitrogens is 2. The van der Waals surface area contributed by atoms with Gasteiger partial charge in [-0.05, 0) is 61.8 Å². The first-order chi connectivity index (χ1) is 14.2. The van der Waals surface area contributed by atoms with Gasteiger partial charge in [0.2, 0.25) is 0 Å². The molecular weight excluding hydrogens is 406 g/mol. The Balaban J connectivity index is 1.59. The average molecular weight is 432 g/mol. The first-order valence-electron chi connectivity index (χ1n) is 9.42. The number of hydrazone groups is 1. The van der Waals surface area contributed by atoms with Crippen molar-refractivity contribution < 1.29 is 9.47 Å². The normalized spacial score (nSPS) is 16.5. The molecule has 1 aliphatic rings. The molecule has 1 saturated heterocycles. The fraction of sp³-hybridized carbons (Fsp3) is 0.400. The molecule has 1 aliphatic heterocycles. The molecule has 2 heterocycles. The van der Waals surface area contributed by atoms with E-state index in [9.17, 15) is 0 Å². The molecule has 1 aromatic carbocycles. The van der Waals surface area contributed by atoms with Gasteiger partial charge in [0.25, 0.3) is 0 Å². The summed E-state index contributed by atoms with van der Waals surface area (Å²) in [6.45, 7) is 3.47. The summed E-state index contributed by atoms with van der Waals surface area (Å²) in [7, 11) is 1.67. The van der Waals surface area contributed by atoms with Crippen molar-refractivity contribution in [3.63, 3.8) is 0 Å². The molecule has 0 radical (unpaired) electrons. The molecule has 3 rings (SSSR count). The Morgan fingerprint density at radius 1 is 1.38 bits per heavy atom. The van der Waals surface area contributed by atoms with Crippen molar-refractivity contribution in [3.05, 3.63) is 47.8 Å². The van der Waals surface area contributed by atoms with Gasteiger partial charge in [-0.3, -0.25) is 5.43 Å². The van der Waals surface area contributed by atoms with Crippen LogP contribution in [-0.2, 0) is 10.5 Å². The molecular formula is C20H25N5O2S2. The SMILES string of the molecule is COc1ccc(C(C)=NNC(=S)NCC2CCCO2)cc1CSc1ncccn1. The van der Waals surface area contributed by atoms with Crippen LogP contribution in [0.1, 0.15) is 30.9 Å². The lowest BCUT2D eigenvalue weighted by atomic mass is 10.1. The molecule has 0 spiro atoms. The number of rotatable bonds is 8. The Hall–Kier alpha value is -2.23. The Morgan fingerprint density at radius 2 is 2.21 bits per heavy atom. The van der Waals surface area contributed by atoms with Crippen molar-refractivity contribution in [1.29, 1.82) is 0 Å². The highest BCUT2D eigenvalue weighted by Crippen LogP contribution is 2.27. The van der Waals surface area contributed by atoms with E-state index in [1.54, 1.807) is 37.3 Å². The molecule has 0 amide bonds. The molecule has 1 aromatic heterocycles. The topological polar surface area (TPSA) is 80.7 Å². The van der Waals surface area contributed by atoms with Crippen LogP contribution in [-0.4, -0.2) is 47.2 Å². The van der Waals surface area contributed by atoms with Crippen LogP contribution in [0.15, 0.2) is 46.9 Å². The van der Waals surface area contributed by atoms with Crippen molar-refractivity contribution in [1.82, 2.24) is 20.7 Å². The van der Waals surface area contributed by atoms with Gasteiger partial charge in [0, 0.05) is 36.9 Å². The van der Waals surface area contributed by atoms with Crippen molar-refractivity contribution in [2.75, 3.05) is 20.3 Å². The number of hydrogen-bond donors (Lipinski definition) is 2. The highest BCUT2D eigenvalue weighted by atomic mass is 32.2. The summed E-state index contributed by atoms with van der Waals surface area (Å²) in [5, 5.41) is 8.78. The van der Waals surface area contributed by atoms with Crippen molar-refractivity contribution in [2.45, 2.75) is 36.8 Å². The number of methoxy groups -OCH3 is 1. The third-order valence-electron chi connectivity index (χ3n) is 4.44. The average Bonchev–Trinajstić information content (AvgIpc) is 3.28. The van der Waals surface area contributed by atoms with E-state index in [-0.39, 0.29) is 6.10 Å². The van der Waals surface area contributed by atoms with E-state index < -0.39 is 0 Å². The summed E-state index contributed by atoms with van der Waals surface area (Å²) >= 11 is 6.86. The standard InChI is InChI=1S/C20H25N5O2S2/c1-14(24-25-19(28)23-12-17-5-3-10-27-17)15-6-7-18(26-2)16(11-15)13-29-20-21-8-4-9-22-20/h4,6-9,11,17H,3,5,10,12-13H2,1-2H3,(H2,23,25,28). The zero-order valence-corrected chi connectivity index (χ0v) is 18.2. The van der Waals surface area contributed by atoms with Crippen LogP contribution in [0.2, 0.25) is 0 Å². The van der Waals surface area contributed by atoms with Gasteiger partial charge in [-0.1, -0.05) is 11.8 Å². The minimum absolute atomic E-state index is 0.232. The second kappa shape index (κ2) is 11.1. The lowest BCUT2D eigenvalue weighted by molar-refractivity contribution is 0.114. The zero-order valence-electron chi connectivity index (χ0n) is 16.6. The first-order valence-corrected chi connectivity index (χ1v) is 10.8. The largest absolute Gasteiger partial charge is 0.496 e. The quantitative estimate of drug-likeness (QED) is 0.217. The van der Waals surface area contributed by atoms with Gasteiger partial charge in [0.05, 0.1) is 18.9 Å². The van der Waals surface area contributed by atoms with Crippen LogP contribution < -0.4 is 15.5 Å². The van der Waals surface area contributed by atoms with Gasteiger partial charge in [0.1, 0.15) is 5.75 Å². The predicted molar refractivity (Wildman–Crippen MR) is 120 cm³/mol. The molecule has 7 nitrogen and oxygen atoms in total. The minimum Gasteiger partial charge on any atom is -0.496 e. The van der Waals surface area contributed by atoms with Crippen molar-refractivity contribution >= 4 is 34.8 Å². The van der Waals surface area contributed by atoms with Crippen LogP contribution in [0, 0.1) is 0 Å². The maximum absolute atomic E-state index is 5.58. The number of hydrogen-bond acceptors (Lipinski definition) is 7. The second-order valence-electron chi connectivity index (χ2n) is 6.50. The second-order valence-corrected chi connectivity index (χ2v) is 7.85. The summed E-state index contributed by atoms with van der Waals surface area (Å²) in [5.74, 6) is 1.52. The molecule has 154 valence electrons. The van der Waals surface area contributed by atoms with E-state index in [4.69, 9.17) is 21.7 Å². The van der Waals surface area contributed by atoms with Crippen LogP contribution in [0.4, 0.5) is 0 Å². The molecule has 1 unspecified atom stereocenters. The highest BCUT2D eigenvalue weighted by Gasteiger charge is 2.15. The van der Waals surface area contributed by atoms with Crippen LogP contribution in [0.25, 0.3) is 0 Å². The van der Waals surface area contributed by atoms with E-state index in [1.165, 1.54) is 0 Å². The number of thiocarbonyl (C=S) groups is 1. The van der Waals surface area contributed by atoms with E-state index in [0.717, 1.165) is 47.2 Å². The third kappa shape index (κ3) is 6.66. The lowest BCUT2D eigenvalue weighted by Gasteiger charge is -2.13.